The van der Waals surface area contributed by atoms with E-state index in [9.17, 15) is 13.6 Å². The first kappa shape index (κ1) is 21.9. The molecule has 1 fully saturated rings. The minimum absolute atomic E-state index is 0.0380. The van der Waals surface area contributed by atoms with E-state index in [-0.39, 0.29) is 18.4 Å². The Morgan fingerprint density at radius 1 is 1.30 bits per heavy atom. The van der Waals surface area contributed by atoms with Gasteiger partial charge in [-0.2, -0.15) is 4.98 Å². The molecule has 1 aromatic heterocycles. The molecule has 2 aromatic rings. The third kappa shape index (κ3) is 5.43. The molecule has 0 N–H and O–H groups in total. The molecule has 6 nitrogen and oxygen atoms in total. The number of carbonyl (C=O) groups excluding carboxylic acids is 1. The SMILES string of the molecule is CCN(C)c1nccc(N2CCC(Oc3ccc([C@H](C)CC(=O)C(F)F)cc3)C2)n1. The summed E-state index contributed by atoms with van der Waals surface area (Å²) < 4.78 is 31.0. The average molecular weight is 418 g/mol. The lowest BCUT2D eigenvalue weighted by molar-refractivity contribution is -0.129. The van der Waals surface area contributed by atoms with Crippen molar-refractivity contribution in [3.8, 4) is 5.75 Å². The summed E-state index contributed by atoms with van der Waals surface area (Å²) in [6.07, 6.45) is -0.380. The Morgan fingerprint density at radius 2 is 2.03 bits per heavy atom. The Hall–Kier alpha value is -2.77. The molecular weight excluding hydrogens is 390 g/mol. The van der Waals surface area contributed by atoms with Crippen LogP contribution in [0.25, 0.3) is 0 Å². The summed E-state index contributed by atoms with van der Waals surface area (Å²) >= 11 is 0. The van der Waals surface area contributed by atoms with Crippen LogP contribution in [0.3, 0.4) is 0 Å². The molecule has 0 amide bonds. The normalized spacial score (nSPS) is 17.3. The van der Waals surface area contributed by atoms with Crippen LogP contribution in [0, 0.1) is 0 Å². The molecule has 1 aliphatic heterocycles. The molecule has 1 aliphatic rings. The summed E-state index contributed by atoms with van der Waals surface area (Å²) in [6, 6.07) is 9.25. The lowest BCUT2D eigenvalue weighted by Crippen LogP contribution is -2.26. The van der Waals surface area contributed by atoms with Gasteiger partial charge in [0.15, 0.2) is 5.78 Å². The van der Waals surface area contributed by atoms with Crippen LogP contribution in [-0.4, -0.2) is 55.0 Å². The summed E-state index contributed by atoms with van der Waals surface area (Å²) in [6.45, 7) is 6.24. The molecule has 8 heteroatoms. The van der Waals surface area contributed by atoms with E-state index in [4.69, 9.17) is 4.74 Å². The lowest BCUT2D eigenvalue weighted by Gasteiger charge is -2.20. The molecule has 0 bridgehead atoms. The van der Waals surface area contributed by atoms with Crippen molar-refractivity contribution < 1.29 is 18.3 Å². The summed E-state index contributed by atoms with van der Waals surface area (Å²) in [5.41, 5.74) is 0.845. The third-order valence-electron chi connectivity index (χ3n) is 5.42. The van der Waals surface area contributed by atoms with Crippen LogP contribution >= 0.6 is 0 Å². The van der Waals surface area contributed by atoms with Crippen molar-refractivity contribution in [3.05, 3.63) is 42.1 Å². The molecule has 0 radical (unpaired) electrons. The first-order chi connectivity index (χ1) is 14.4. The monoisotopic (exact) mass is 418 g/mol. The number of ketones is 1. The quantitative estimate of drug-likeness (QED) is 0.615. The number of alkyl halides is 2. The highest BCUT2D eigenvalue weighted by atomic mass is 19.3. The third-order valence-corrected chi connectivity index (χ3v) is 5.42. The zero-order valence-corrected chi connectivity index (χ0v) is 17.6. The predicted molar refractivity (Wildman–Crippen MR) is 113 cm³/mol. The lowest BCUT2D eigenvalue weighted by atomic mass is 9.96. The van der Waals surface area contributed by atoms with Crippen LogP contribution in [0.15, 0.2) is 36.5 Å². The Bertz CT molecular complexity index is 847. The number of Topliss-reactive ketones (excluding diaryl/α,β-unsaturated/α-hetero) is 1. The molecule has 1 unspecified atom stereocenters. The van der Waals surface area contributed by atoms with Crippen molar-refractivity contribution in [1.29, 1.82) is 0 Å². The molecule has 1 saturated heterocycles. The molecule has 0 aliphatic carbocycles. The number of ether oxygens (including phenoxy) is 1. The summed E-state index contributed by atoms with van der Waals surface area (Å²) in [5.74, 6) is 1.04. The maximum absolute atomic E-state index is 12.4. The van der Waals surface area contributed by atoms with Gasteiger partial charge in [-0.05, 0) is 36.6 Å². The Balaban J connectivity index is 1.56. The fourth-order valence-corrected chi connectivity index (χ4v) is 3.45. The van der Waals surface area contributed by atoms with E-state index in [1.807, 2.05) is 42.3 Å². The topological polar surface area (TPSA) is 58.6 Å². The van der Waals surface area contributed by atoms with Crippen LogP contribution in [0.4, 0.5) is 20.5 Å². The van der Waals surface area contributed by atoms with E-state index >= 15 is 0 Å². The smallest absolute Gasteiger partial charge is 0.296 e. The van der Waals surface area contributed by atoms with Crippen molar-refractivity contribution >= 4 is 17.5 Å². The maximum Gasteiger partial charge on any atom is 0.296 e. The zero-order chi connectivity index (χ0) is 21.7. The van der Waals surface area contributed by atoms with E-state index in [1.165, 1.54) is 0 Å². The van der Waals surface area contributed by atoms with Gasteiger partial charge in [-0.1, -0.05) is 19.1 Å². The standard InChI is InChI=1S/C22H28F2N4O2/c1-4-27(3)22-25-11-9-20(26-22)28-12-10-18(14-28)30-17-7-5-16(6-8-17)15(2)13-19(29)21(23)24/h5-9,11,15,18,21H,4,10,12-14H2,1-3H3/t15-,18?/m1/s1. The summed E-state index contributed by atoms with van der Waals surface area (Å²) in [5, 5.41) is 0. The van der Waals surface area contributed by atoms with Crippen LogP contribution in [0.2, 0.25) is 0 Å². The number of hydrogen-bond donors (Lipinski definition) is 0. The van der Waals surface area contributed by atoms with Crippen molar-refractivity contribution in [2.45, 2.75) is 45.1 Å². The van der Waals surface area contributed by atoms with Gasteiger partial charge in [-0.15, -0.1) is 0 Å². The van der Waals surface area contributed by atoms with Gasteiger partial charge in [0.1, 0.15) is 17.7 Å². The average Bonchev–Trinajstić information content (AvgIpc) is 3.22. The van der Waals surface area contributed by atoms with E-state index in [2.05, 4.69) is 21.8 Å². The summed E-state index contributed by atoms with van der Waals surface area (Å²) in [4.78, 5) is 24.4. The number of carbonyl (C=O) groups is 1. The highest BCUT2D eigenvalue weighted by Gasteiger charge is 2.26. The minimum atomic E-state index is -2.91. The number of hydrogen-bond acceptors (Lipinski definition) is 6. The fourth-order valence-electron chi connectivity index (χ4n) is 3.45. The van der Waals surface area contributed by atoms with Gasteiger partial charge >= 0.3 is 0 Å². The second kappa shape index (κ2) is 9.82. The van der Waals surface area contributed by atoms with Crippen molar-refractivity contribution in [3.63, 3.8) is 0 Å². The van der Waals surface area contributed by atoms with Crippen LogP contribution < -0.4 is 14.5 Å². The Labute approximate surface area is 175 Å². The zero-order valence-electron chi connectivity index (χ0n) is 17.6. The van der Waals surface area contributed by atoms with E-state index in [0.29, 0.717) is 5.95 Å². The molecule has 2 heterocycles. The van der Waals surface area contributed by atoms with Gasteiger partial charge in [0.25, 0.3) is 6.43 Å². The number of halogens is 2. The second-order valence-electron chi connectivity index (χ2n) is 7.64. The van der Waals surface area contributed by atoms with Crippen LogP contribution in [-0.2, 0) is 4.79 Å². The van der Waals surface area contributed by atoms with Crippen LogP contribution in [0.1, 0.15) is 38.2 Å². The molecule has 30 heavy (non-hydrogen) atoms. The largest absolute Gasteiger partial charge is 0.489 e. The van der Waals surface area contributed by atoms with Gasteiger partial charge in [-0.3, -0.25) is 4.79 Å². The van der Waals surface area contributed by atoms with Gasteiger partial charge in [0.05, 0.1) is 6.54 Å². The summed E-state index contributed by atoms with van der Waals surface area (Å²) in [7, 11) is 1.96. The van der Waals surface area contributed by atoms with Gasteiger partial charge in [-0.25, -0.2) is 13.8 Å². The van der Waals surface area contributed by atoms with Gasteiger partial charge < -0.3 is 14.5 Å². The molecule has 0 spiro atoms. The highest BCUT2D eigenvalue weighted by Crippen LogP contribution is 2.26. The van der Waals surface area contributed by atoms with Crippen molar-refractivity contribution in [2.24, 2.45) is 0 Å². The van der Waals surface area contributed by atoms with Crippen molar-refractivity contribution in [1.82, 2.24) is 9.97 Å². The first-order valence-corrected chi connectivity index (χ1v) is 10.2. The number of nitrogens with zero attached hydrogens (tertiary/aromatic N) is 4. The Kier molecular flexibility index (Phi) is 7.18. The fraction of sp³-hybridized carbons (Fsp3) is 0.500. The molecule has 3 rings (SSSR count). The van der Waals surface area contributed by atoms with Gasteiger partial charge in [0, 0.05) is 39.2 Å². The van der Waals surface area contributed by atoms with E-state index < -0.39 is 12.2 Å². The maximum atomic E-state index is 12.4. The number of aromatic nitrogens is 2. The Morgan fingerprint density at radius 3 is 2.70 bits per heavy atom. The number of rotatable bonds is 9. The van der Waals surface area contributed by atoms with Crippen LogP contribution in [0.5, 0.6) is 5.75 Å². The van der Waals surface area contributed by atoms with E-state index in [1.54, 1.807) is 13.1 Å². The predicted octanol–water partition coefficient (Wildman–Crippen LogP) is 3.92. The molecular formula is C22H28F2N4O2. The second-order valence-corrected chi connectivity index (χ2v) is 7.64. The van der Waals surface area contributed by atoms with Crippen molar-refractivity contribution in [2.75, 3.05) is 36.5 Å². The first-order valence-electron chi connectivity index (χ1n) is 10.2. The van der Waals surface area contributed by atoms with Gasteiger partial charge in [0.2, 0.25) is 5.95 Å². The molecule has 2 atom stereocenters. The van der Waals surface area contributed by atoms with E-state index in [0.717, 1.165) is 43.2 Å². The minimum Gasteiger partial charge on any atom is -0.489 e. The molecule has 1 aromatic carbocycles. The number of anilines is 2. The molecule has 162 valence electrons. The molecule has 0 saturated carbocycles. The highest BCUT2D eigenvalue weighted by molar-refractivity contribution is 5.82. The number of benzene rings is 1.